The third kappa shape index (κ3) is 9.06. The zero-order valence-electron chi connectivity index (χ0n) is 5.22. The summed E-state index contributed by atoms with van der Waals surface area (Å²) >= 11 is 0. The maximum Gasteiger partial charge on any atom is 0.293 e. The van der Waals surface area contributed by atoms with Crippen molar-refractivity contribution in [3.8, 4) is 0 Å². The van der Waals surface area contributed by atoms with E-state index in [1.807, 2.05) is 6.92 Å². The average Bonchev–Trinajstić information content (AvgIpc) is 1.69. The first kappa shape index (κ1) is 10.4. The summed E-state index contributed by atoms with van der Waals surface area (Å²) in [7, 11) is 0. The van der Waals surface area contributed by atoms with Crippen LogP contribution in [-0.4, -0.2) is 13.1 Å². The first-order valence-corrected chi connectivity index (χ1v) is 2.47. The van der Waals surface area contributed by atoms with Gasteiger partial charge in [0, 0.05) is 0 Å². The molecule has 0 aromatic heterocycles. The molecule has 0 aliphatic rings. The van der Waals surface area contributed by atoms with Crippen LogP contribution in [0.1, 0.15) is 19.8 Å². The number of hydrogen-bond acceptors (Lipinski definition) is 3. The Morgan fingerprint density at radius 3 is 2.62 bits per heavy atom. The van der Waals surface area contributed by atoms with Gasteiger partial charge in [0.1, 0.15) is 0 Å². The van der Waals surface area contributed by atoms with Crippen LogP contribution in [0.5, 0.6) is 0 Å². The molecule has 0 saturated carbocycles. The van der Waals surface area contributed by atoms with Gasteiger partial charge in [0.2, 0.25) is 0 Å². The van der Waals surface area contributed by atoms with Crippen LogP contribution >= 0.6 is 0 Å². The molecule has 0 aliphatic heterocycles. The Hall–Kier alpha value is -0.570. The van der Waals surface area contributed by atoms with E-state index in [9.17, 15) is 4.79 Å². The second-order valence-electron chi connectivity index (χ2n) is 1.32. The Kier molecular flexibility index (Phi) is 12.6. The molecule has 0 heterocycles. The highest BCUT2D eigenvalue weighted by Crippen LogP contribution is 1.83. The molecule has 0 aromatic rings. The molecule has 0 fully saturated rings. The van der Waals surface area contributed by atoms with Crippen molar-refractivity contribution in [1.29, 1.82) is 0 Å². The van der Waals surface area contributed by atoms with Crippen molar-refractivity contribution in [1.82, 2.24) is 6.15 Å². The van der Waals surface area contributed by atoms with Crippen molar-refractivity contribution < 1.29 is 9.53 Å². The van der Waals surface area contributed by atoms with Gasteiger partial charge in [0.25, 0.3) is 6.47 Å². The van der Waals surface area contributed by atoms with Gasteiger partial charge in [-0.25, -0.2) is 0 Å². The Labute approximate surface area is 49.6 Å². The largest absolute Gasteiger partial charge is 0.468 e. The van der Waals surface area contributed by atoms with Crippen molar-refractivity contribution >= 4 is 6.47 Å². The van der Waals surface area contributed by atoms with Crippen LogP contribution in [0.3, 0.4) is 0 Å². The normalized spacial score (nSPS) is 7.12. The summed E-state index contributed by atoms with van der Waals surface area (Å²) in [6.45, 7) is 3.10. The molecule has 8 heavy (non-hydrogen) atoms. The molecule has 0 atom stereocenters. The molecule has 3 N–H and O–H groups in total. The molecule has 0 spiro atoms. The number of hydrogen-bond donors (Lipinski definition) is 1. The van der Waals surface area contributed by atoms with E-state index in [1.165, 1.54) is 0 Å². The van der Waals surface area contributed by atoms with Crippen LogP contribution in [0, 0.1) is 0 Å². The first-order valence-electron chi connectivity index (χ1n) is 2.47. The van der Waals surface area contributed by atoms with Gasteiger partial charge >= 0.3 is 0 Å². The van der Waals surface area contributed by atoms with E-state index in [2.05, 4.69) is 4.74 Å². The maximum absolute atomic E-state index is 9.46. The highest BCUT2D eigenvalue weighted by Gasteiger charge is 1.78. The van der Waals surface area contributed by atoms with Crippen LogP contribution in [0.15, 0.2) is 0 Å². The topological polar surface area (TPSA) is 61.3 Å². The lowest BCUT2D eigenvalue weighted by atomic mass is 10.4. The predicted molar refractivity (Wildman–Crippen MR) is 31.9 cm³/mol. The lowest BCUT2D eigenvalue weighted by Crippen LogP contribution is -1.88. The van der Waals surface area contributed by atoms with Crippen LogP contribution in [0.2, 0.25) is 0 Å². The fourth-order valence-electron chi connectivity index (χ4n) is 0.276. The van der Waals surface area contributed by atoms with Gasteiger partial charge in [0.05, 0.1) is 6.61 Å². The number of carbonyl (C=O) groups is 1. The molecule has 50 valence electrons. The zero-order valence-corrected chi connectivity index (χ0v) is 5.22. The highest BCUT2D eigenvalue weighted by molar-refractivity contribution is 5.36. The number of rotatable bonds is 4. The van der Waals surface area contributed by atoms with E-state index in [1.54, 1.807) is 0 Å². The third-order valence-corrected chi connectivity index (χ3v) is 0.684. The van der Waals surface area contributed by atoms with Crippen molar-refractivity contribution in [3.63, 3.8) is 0 Å². The third-order valence-electron chi connectivity index (χ3n) is 0.684. The summed E-state index contributed by atoms with van der Waals surface area (Å²) < 4.78 is 4.39. The smallest absolute Gasteiger partial charge is 0.293 e. The van der Waals surface area contributed by atoms with E-state index in [4.69, 9.17) is 0 Å². The van der Waals surface area contributed by atoms with E-state index < -0.39 is 0 Å². The van der Waals surface area contributed by atoms with Gasteiger partial charge in [-0.2, -0.15) is 0 Å². The number of unbranched alkanes of at least 4 members (excludes halogenated alkanes) is 1. The van der Waals surface area contributed by atoms with Gasteiger partial charge in [0.15, 0.2) is 0 Å². The molecule has 3 nitrogen and oxygen atoms in total. The van der Waals surface area contributed by atoms with Gasteiger partial charge in [-0.15, -0.1) is 0 Å². The second kappa shape index (κ2) is 9.66. The molecule has 0 radical (unpaired) electrons. The maximum atomic E-state index is 9.46. The second-order valence-corrected chi connectivity index (χ2v) is 1.32. The van der Waals surface area contributed by atoms with Gasteiger partial charge in [-0.1, -0.05) is 13.3 Å². The van der Waals surface area contributed by atoms with Gasteiger partial charge in [-0.3, -0.25) is 4.79 Å². The van der Waals surface area contributed by atoms with E-state index in [0.717, 1.165) is 12.8 Å². The Morgan fingerprint density at radius 2 is 2.25 bits per heavy atom. The monoisotopic (exact) mass is 119 g/mol. The van der Waals surface area contributed by atoms with Crippen molar-refractivity contribution in [2.75, 3.05) is 6.61 Å². The Morgan fingerprint density at radius 1 is 1.62 bits per heavy atom. The highest BCUT2D eigenvalue weighted by atomic mass is 16.5. The molecule has 0 bridgehead atoms. The summed E-state index contributed by atoms with van der Waals surface area (Å²) in [5, 5.41) is 0. The molecule has 0 aromatic carbocycles. The lowest BCUT2D eigenvalue weighted by molar-refractivity contribution is -0.128. The number of carbonyl (C=O) groups excluding carboxylic acids is 1. The minimum absolute atomic E-state index is 0. The molecule has 0 rings (SSSR count). The first-order chi connectivity index (χ1) is 3.41. The number of ether oxygens (including phenoxy) is 1. The molecular formula is C5H13NO2. The lowest BCUT2D eigenvalue weighted by Gasteiger charge is -1.90. The van der Waals surface area contributed by atoms with Crippen molar-refractivity contribution in [2.45, 2.75) is 19.8 Å². The quantitative estimate of drug-likeness (QED) is 0.445. The molecule has 0 unspecified atom stereocenters. The minimum atomic E-state index is 0. The van der Waals surface area contributed by atoms with Gasteiger partial charge < -0.3 is 10.9 Å². The molecule has 3 heteroatoms. The molecule has 0 aliphatic carbocycles. The van der Waals surface area contributed by atoms with Crippen LogP contribution in [0.4, 0.5) is 0 Å². The van der Waals surface area contributed by atoms with Crippen molar-refractivity contribution in [2.24, 2.45) is 0 Å². The molecule has 0 amide bonds. The summed E-state index contributed by atoms with van der Waals surface area (Å²) in [5.41, 5.74) is 0. The minimum Gasteiger partial charge on any atom is -0.468 e. The van der Waals surface area contributed by atoms with Crippen LogP contribution < -0.4 is 6.15 Å². The van der Waals surface area contributed by atoms with E-state index in [-0.39, 0.29) is 6.15 Å². The van der Waals surface area contributed by atoms with Crippen molar-refractivity contribution in [3.05, 3.63) is 0 Å². The molecular weight excluding hydrogens is 106 g/mol. The predicted octanol–water partition coefficient (Wildman–Crippen LogP) is 1.12. The summed E-state index contributed by atoms with van der Waals surface area (Å²) in [6, 6.07) is 0. The van der Waals surface area contributed by atoms with Gasteiger partial charge in [-0.05, 0) is 6.42 Å². The van der Waals surface area contributed by atoms with Crippen LogP contribution in [0.25, 0.3) is 0 Å². The summed E-state index contributed by atoms with van der Waals surface area (Å²) in [5.74, 6) is 0. The summed E-state index contributed by atoms with van der Waals surface area (Å²) in [4.78, 5) is 9.46. The van der Waals surface area contributed by atoms with E-state index >= 15 is 0 Å². The summed E-state index contributed by atoms with van der Waals surface area (Å²) in [6.07, 6.45) is 2.05. The average molecular weight is 119 g/mol. The Balaban J connectivity index is 0. The standard InChI is InChI=1S/C5H10O2.H3N/c1-2-3-4-7-5-6;/h5H,2-4H2,1H3;1H3. The van der Waals surface area contributed by atoms with Crippen LogP contribution in [-0.2, 0) is 9.53 Å². The fourth-order valence-corrected chi connectivity index (χ4v) is 0.276. The van der Waals surface area contributed by atoms with E-state index in [0.29, 0.717) is 13.1 Å². The molecule has 0 saturated heterocycles. The SMILES string of the molecule is CCCCOC=O.N. The fraction of sp³-hybridized carbons (Fsp3) is 0.800. The zero-order chi connectivity index (χ0) is 5.54. The Bertz CT molecular complexity index is 47.7.